The van der Waals surface area contributed by atoms with E-state index in [0.717, 1.165) is 5.92 Å². The molecule has 1 saturated carbocycles. The first-order valence-corrected chi connectivity index (χ1v) is 7.50. The minimum Gasteiger partial charge on any atom is -0.294 e. The molecule has 1 atom stereocenters. The van der Waals surface area contributed by atoms with Crippen molar-refractivity contribution in [1.29, 1.82) is 0 Å². The SMILES string of the molecule is CC1CCC(N(C)C(C)C(=O)c2ccc(F)cc2)CC1. The van der Waals surface area contributed by atoms with Crippen LogP contribution in [-0.4, -0.2) is 29.8 Å². The van der Waals surface area contributed by atoms with Gasteiger partial charge < -0.3 is 0 Å². The van der Waals surface area contributed by atoms with Crippen molar-refractivity contribution in [1.82, 2.24) is 4.90 Å². The van der Waals surface area contributed by atoms with Gasteiger partial charge in [-0.3, -0.25) is 9.69 Å². The van der Waals surface area contributed by atoms with Gasteiger partial charge in [0.25, 0.3) is 0 Å². The molecule has 1 aromatic rings. The highest BCUT2D eigenvalue weighted by Crippen LogP contribution is 2.27. The molecular weight excluding hydrogens is 253 g/mol. The van der Waals surface area contributed by atoms with Crippen LogP contribution in [0.1, 0.15) is 49.9 Å². The number of nitrogens with zero attached hydrogens (tertiary/aromatic N) is 1. The second kappa shape index (κ2) is 6.49. The fourth-order valence-electron chi connectivity index (χ4n) is 3.01. The minimum absolute atomic E-state index is 0.0751. The van der Waals surface area contributed by atoms with Crippen LogP contribution in [0.15, 0.2) is 24.3 Å². The van der Waals surface area contributed by atoms with Gasteiger partial charge in [0.15, 0.2) is 5.78 Å². The van der Waals surface area contributed by atoms with Crippen molar-refractivity contribution in [3.8, 4) is 0 Å². The van der Waals surface area contributed by atoms with Crippen molar-refractivity contribution >= 4 is 5.78 Å². The Balaban J connectivity index is 2.00. The number of benzene rings is 1. The van der Waals surface area contributed by atoms with Crippen LogP contribution in [0.25, 0.3) is 0 Å². The molecule has 1 aliphatic rings. The zero-order valence-corrected chi connectivity index (χ0v) is 12.6. The highest BCUT2D eigenvalue weighted by Gasteiger charge is 2.28. The van der Waals surface area contributed by atoms with E-state index < -0.39 is 0 Å². The molecule has 1 fully saturated rings. The Hall–Kier alpha value is -1.22. The molecule has 0 heterocycles. The van der Waals surface area contributed by atoms with Crippen LogP contribution in [0.3, 0.4) is 0 Å². The van der Waals surface area contributed by atoms with Gasteiger partial charge in [0.05, 0.1) is 6.04 Å². The van der Waals surface area contributed by atoms with Crippen molar-refractivity contribution in [2.45, 2.75) is 51.6 Å². The average molecular weight is 277 g/mol. The summed E-state index contributed by atoms with van der Waals surface area (Å²) in [7, 11) is 2.03. The molecule has 20 heavy (non-hydrogen) atoms. The molecule has 1 aromatic carbocycles. The van der Waals surface area contributed by atoms with Gasteiger partial charge >= 0.3 is 0 Å². The molecule has 1 aliphatic carbocycles. The predicted molar refractivity (Wildman–Crippen MR) is 79.4 cm³/mol. The van der Waals surface area contributed by atoms with E-state index in [1.165, 1.54) is 37.8 Å². The normalized spacial score (nSPS) is 24.6. The van der Waals surface area contributed by atoms with Crippen LogP contribution in [-0.2, 0) is 0 Å². The zero-order chi connectivity index (χ0) is 14.7. The van der Waals surface area contributed by atoms with Crippen LogP contribution in [0, 0.1) is 11.7 Å². The highest BCUT2D eigenvalue weighted by molar-refractivity contribution is 5.99. The van der Waals surface area contributed by atoms with Gasteiger partial charge in [0.1, 0.15) is 5.82 Å². The molecule has 2 rings (SSSR count). The minimum atomic E-state index is -0.302. The number of carbonyl (C=O) groups is 1. The number of carbonyl (C=O) groups excluding carboxylic acids is 1. The van der Waals surface area contributed by atoms with Gasteiger partial charge in [-0.15, -0.1) is 0 Å². The van der Waals surface area contributed by atoms with Crippen molar-refractivity contribution in [3.05, 3.63) is 35.6 Å². The Morgan fingerprint density at radius 1 is 1.20 bits per heavy atom. The van der Waals surface area contributed by atoms with Crippen LogP contribution in [0.4, 0.5) is 4.39 Å². The summed E-state index contributed by atoms with van der Waals surface area (Å²) >= 11 is 0. The summed E-state index contributed by atoms with van der Waals surface area (Å²) in [5.74, 6) is 0.581. The maximum atomic E-state index is 12.9. The number of hydrogen-bond acceptors (Lipinski definition) is 2. The molecule has 3 heteroatoms. The summed E-state index contributed by atoms with van der Waals surface area (Å²) in [5.41, 5.74) is 0.593. The van der Waals surface area contributed by atoms with E-state index >= 15 is 0 Å². The third-order valence-corrected chi connectivity index (χ3v) is 4.68. The van der Waals surface area contributed by atoms with Crippen molar-refractivity contribution in [2.24, 2.45) is 5.92 Å². The lowest BCUT2D eigenvalue weighted by molar-refractivity contribution is 0.0758. The Morgan fingerprint density at radius 2 is 1.75 bits per heavy atom. The van der Waals surface area contributed by atoms with E-state index in [9.17, 15) is 9.18 Å². The second-order valence-electron chi connectivity index (χ2n) is 6.13. The summed E-state index contributed by atoms with van der Waals surface area (Å²) < 4.78 is 12.9. The Labute approximate surface area is 121 Å². The molecule has 0 spiro atoms. The summed E-state index contributed by atoms with van der Waals surface area (Å²) in [6.45, 7) is 4.24. The third-order valence-electron chi connectivity index (χ3n) is 4.68. The van der Waals surface area contributed by atoms with Crippen molar-refractivity contribution < 1.29 is 9.18 Å². The van der Waals surface area contributed by atoms with Gasteiger partial charge in [-0.05, 0) is 69.8 Å². The van der Waals surface area contributed by atoms with Gasteiger partial charge in [0.2, 0.25) is 0 Å². The molecule has 0 amide bonds. The van der Waals surface area contributed by atoms with Crippen LogP contribution >= 0.6 is 0 Å². The lowest BCUT2D eigenvalue weighted by Gasteiger charge is -2.36. The fourth-order valence-corrected chi connectivity index (χ4v) is 3.01. The Morgan fingerprint density at radius 3 is 2.30 bits per heavy atom. The number of rotatable bonds is 4. The van der Waals surface area contributed by atoms with Gasteiger partial charge in [-0.2, -0.15) is 0 Å². The Kier molecular flexibility index (Phi) is 4.92. The maximum Gasteiger partial charge on any atom is 0.179 e. The number of Topliss-reactive ketones (excluding diaryl/α,β-unsaturated/α-hetero) is 1. The van der Waals surface area contributed by atoms with Crippen molar-refractivity contribution in [2.75, 3.05) is 7.05 Å². The summed E-state index contributed by atoms with van der Waals surface area (Å²) in [6, 6.07) is 6.19. The fraction of sp³-hybridized carbons (Fsp3) is 0.588. The third kappa shape index (κ3) is 3.45. The second-order valence-corrected chi connectivity index (χ2v) is 6.13. The molecular formula is C17H24FNO. The smallest absolute Gasteiger partial charge is 0.179 e. The number of ketones is 1. The van der Waals surface area contributed by atoms with Crippen LogP contribution < -0.4 is 0 Å². The van der Waals surface area contributed by atoms with Crippen LogP contribution in [0.2, 0.25) is 0 Å². The molecule has 0 aliphatic heterocycles. The molecule has 0 radical (unpaired) electrons. The molecule has 0 N–H and O–H groups in total. The van der Waals surface area contributed by atoms with E-state index in [0.29, 0.717) is 11.6 Å². The predicted octanol–water partition coefficient (Wildman–Crippen LogP) is 3.91. The molecule has 2 nitrogen and oxygen atoms in total. The van der Waals surface area contributed by atoms with E-state index in [1.54, 1.807) is 12.1 Å². The Bertz CT molecular complexity index is 449. The molecule has 0 saturated heterocycles. The monoisotopic (exact) mass is 277 g/mol. The van der Waals surface area contributed by atoms with E-state index in [1.807, 2.05) is 14.0 Å². The highest BCUT2D eigenvalue weighted by atomic mass is 19.1. The van der Waals surface area contributed by atoms with Crippen molar-refractivity contribution in [3.63, 3.8) is 0 Å². The molecule has 0 aromatic heterocycles. The van der Waals surface area contributed by atoms with E-state index in [4.69, 9.17) is 0 Å². The molecule has 110 valence electrons. The summed E-state index contributed by atoms with van der Waals surface area (Å²) in [6.07, 6.45) is 4.82. The topological polar surface area (TPSA) is 20.3 Å². The zero-order valence-electron chi connectivity index (χ0n) is 12.6. The van der Waals surface area contributed by atoms with E-state index in [2.05, 4.69) is 11.8 Å². The first-order chi connectivity index (χ1) is 9.49. The van der Waals surface area contributed by atoms with Gasteiger partial charge in [0, 0.05) is 11.6 Å². The quantitative estimate of drug-likeness (QED) is 0.778. The lowest BCUT2D eigenvalue weighted by atomic mass is 9.86. The standard InChI is InChI=1S/C17H24FNO/c1-12-4-10-16(11-5-12)19(3)13(2)17(20)14-6-8-15(18)9-7-14/h6-9,12-13,16H,4-5,10-11H2,1-3H3. The number of hydrogen-bond donors (Lipinski definition) is 0. The summed E-state index contributed by atoms with van der Waals surface area (Å²) in [5, 5.41) is 0. The van der Waals surface area contributed by atoms with Gasteiger partial charge in [-0.25, -0.2) is 4.39 Å². The number of halogens is 1. The largest absolute Gasteiger partial charge is 0.294 e. The lowest BCUT2D eigenvalue weighted by Crippen LogP contribution is -2.44. The molecule has 1 unspecified atom stereocenters. The van der Waals surface area contributed by atoms with E-state index in [-0.39, 0.29) is 17.6 Å². The molecule has 0 bridgehead atoms. The summed E-state index contributed by atoms with van der Waals surface area (Å²) in [4.78, 5) is 14.6. The van der Waals surface area contributed by atoms with Crippen LogP contribution in [0.5, 0.6) is 0 Å². The maximum absolute atomic E-state index is 12.9. The first kappa shape index (κ1) is 15.2. The van der Waals surface area contributed by atoms with Gasteiger partial charge in [-0.1, -0.05) is 6.92 Å². The first-order valence-electron chi connectivity index (χ1n) is 7.50. The number of likely N-dealkylation sites (N-methyl/N-ethyl adjacent to an activating group) is 1. The average Bonchev–Trinajstić information content (AvgIpc) is 2.46.